The molecule has 0 aliphatic carbocycles. The quantitative estimate of drug-likeness (QED) is 0.761. The van der Waals surface area contributed by atoms with E-state index in [9.17, 15) is 4.79 Å². The van der Waals surface area contributed by atoms with Crippen LogP contribution in [0.1, 0.15) is 18.5 Å². The molecule has 1 aromatic carbocycles. The number of benzene rings is 1. The van der Waals surface area contributed by atoms with Crippen LogP contribution in [0, 0.1) is 5.92 Å². The molecular weight excluding hydrogens is 336 g/mol. The molecule has 6 nitrogen and oxygen atoms in total. The van der Waals surface area contributed by atoms with Gasteiger partial charge in [0.25, 0.3) is 0 Å². The number of rotatable bonds is 5. The maximum absolute atomic E-state index is 12.3. The second kappa shape index (κ2) is 7.23. The Kier molecular flexibility index (Phi) is 4.65. The molecule has 0 saturated carbocycles. The van der Waals surface area contributed by atoms with Gasteiger partial charge in [0, 0.05) is 36.6 Å². The number of carbonyl (C=O) groups is 1. The molecule has 4 rings (SSSR count). The molecule has 1 saturated heterocycles. The van der Waals surface area contributed by atoms with Crippen molar-refractivity contribution in [3.05, 3.63) is 41.5 Å². The van der Waals surface area contributed by atoms with E-state index in [1.165, 1.54) is 0 Å². The number of amides is 1. The van der Waals surface area contributed by atoms with Gasteiger partial charge in [0.05, 0.1) is 6.42 Å². The topological polar surface area (TPSA) is 71.3 Å². The highest BCUT2D eigenvalue weighted by Gasteiger charge is 2.22. The lowest BCUT2D eigenvalue weighted by Gasteiger charge is -2.32. The number of anilines is 1. The Hall–Kier alpha value is -2.41. The number of nitrogens with zero attached hydrogens (tertiary/aromatic N) is 3. The fourth-order valence-electron chi connectivity index (χ4n) is 3.32. The zero-order valence-corrected chi connectivity index (χ0v) is 14.7. The van der Waals surface area contributed by atoms with E-state index in [1.54, 1.807) is 11.3 Å². The Labute approximate surface area is 149 Å². The zero-order chi connectivity index (χ0) is 17.1. The van der Waals surface area contributed by atoms with E-state index in [0.717, 1.165) is 42.0 Å². The average molecular weight is 356 g/mol. The number of carbonyl (C=O) groups excluding carboxylic acids is 1. The molecule has 1 aliphatic rings. The molecular formula is C18H20N4O2S. The Morgan fingerprint density at radius 2 is 2.32 bits per heavy atom. The van der Waals surface area contributed by atoms with Crippen LogP contribution in [0.4, 0.5) is 5.13 Å². The summed E-state index contributed by atoms with van der Waals surface area (Å²) in [6, 6.07) is 7.62. The highest BCUT2D eigenvalue weighted by atomic mass is 32.1. The molecule has 1 aliphatic heterocycles. The number of piperidine rings is 1. The Morgan fingerprint density at radius 1 is 1.40 bits per heavy atom. The minimum absolute atomic E-state index is 0.00887. The fraction of sp³-hybridized carbons (Fsp3) is 0.389. The van der Waals surface area contributed by atoms with Gasteiger partial charge < -0.3 is 14.7 Å². The fourth-order valence-corrected chi connectivity index (χ4v) is 4.00. The molecule has 25 heavy (non-hydrogen) atoms. The van der Waals surface area contributed by atoms with Crippen LogP contribution in [-0.4, -0.2) is 35.7 Å². The van der Waals surface area contributed by atoms with E-state index in [4.69, 9.17) is 4.52 Å². The van der Waals surface area contributed by atoms with Gasteiger partial charge in [-0.25, -0.2) is 4.98 Å². The third kappa shape index (κ3) is 3.66. The van der Waals surface area contributed by atoms with Gasteiger partial charge in [-0.2, -0.15) is 0 Å². The first-order valence-electron chi connectivity index (χ1n) is 8.54. The maximum atomic E-state index is 12.3. The van der Waals surface area contributed by atoms with Crippen molar-refractivity contribution in [1.29, 1.82) is 0 Å². The minimum atomic E-state index is -0.00887. The van der Waals surface area contributed by atoms with Crippen LogP contribution in [0.2, 0.25) is 0 Å². The first-order chi connectivity index (χ1) is 12.3. The number of hydrogen-bond donors (Lipinski definition) is 1. The summed E-state index contributed by atoms with van der Waals surface area (Å²) < 4.78 is 5.26. The number of fused-ring (bicyclic) bond motifs is 1. The second-order valence-electron chi connectivity index (χ2n) is 6.38. The van der Waals surface area contributed by atoms with Crippen molar-refractivity contribution < 1.29 is 9.32 Å². The van der Waals surface area contributed by atoms with E-state index < -0.39 is 0 Å². The molecule has 7 heteroatoms. The summed E-state index contributed by atoms with van der Waals surface area (Å²) in [6.45, 7) is 2.68. The zero-order valence-electron chi connectivity index (χ0n) is 13.9. The van der Waals surface area contributed by atoms with Gasteiger partial charge in [-0.15, -0.1) is 11.3 Å². The van der Waals surface area contributed by atoms with Gasteiger partial charge in [-0.3, -0.25) is 4.79 Å². The lowest BCUT2D eigenvalue weighted by molar-refractivity contribution is -0.120. The van der Waals surface area contributed by atoms with Gasteiger partial charge in [-0.1, -0.05) is 17.3 Å². The van der Waals surface area contributed by atoms with E-state index in [0.29, 0.717) is 18.2 Å². The van der Waals surface area contributed by atoms with E-state index in [2.05, 4.69) is 20.4 Å². The van der Waals surface area contributed by atoms with Gasteiger partial charge >= 0.3 is 0 Å². The van der Waals surface area contributed by atoms with E-state index >= 15 is 0 Å². The molecule has 1 unspecified atom stereocenters. The van der Waals surface area contributed by atoms with E-state index in [-0.39, 0.29) is 12.3 Å². The Balaban J connectivity index is 1.31. The van der Waals surface area contributed by atoms with Crippen LogP contribution in [0.25, 0.3) is 11.0 Å². The molecule has 3 aromatic rings. The van der Waals surface area contributed by atoms with Crippen LogP contribution < -0.4 is 10.2 Å². The van der Waals surface area contributed by atoms with Gasteiger partial charge in [0.2, 0.25) is 5.91 Å². The Bertz CT molecular complexity index is 846. The van der Waals surface area contributed by atoms with Crippen molar-refractivity contribution in [2.24, 2.45) is 5.92 Å². The van der Waals surface area contributed by atoms with Crippen molar-refractivity contribution in [2.75, 3.05) is 24.5 Å². The lowest BCUT2D eigenvalue weighted by Crippen LogP contribution is -2.41. The lowest BCUT2D eigenvalue weighted by atomic mass is 9.98. The van der Waals surface area contributed by atoms with Gasteiger partial charge in [0.1, 0.15) is 5.69 Å². The molecule has 3 heterocycles. The summed E-state index contributed by atoms with van der Waals surface area (Å²) in [7, 11) is 0. The van der Waals surface area contributed by atoms with Crippen LogP contribution in [0.15, 0.2) is 40.4 Å². The van der Waals surface area contributed by atoms with Gasteiger partial charge in [0.15, 0.2) is 10.7 Å². The van der Waals surface area contributed by atoms with E-state index in [1.807, 2.05) is 35.8 Å². The van der Waals surface area contributed by atoms with Crippen LogP contribution in [0.5, 0.6) is 0 Å². The highest BCUT2D eigenvalue weighted by molar-refractivity contribution is 7.13. The summed E-state index contributed by atoms with van der Waals surface area (Å²) in [5.74, 6) is 0.445. The number of para-hydroxylation sites is 1. The predicted octanol–water partition coefficient (Wildman–Crippen LogP) is 2.86. The summed E-state index contributed by atoms with van der Waals surface area (Å²) in [5.41, 5.74) is 1.41. The molecule has 130 valence electrons. The SMILES string of the molecule is O=C(Cc1noc2ccccc12)NCC1CCCN(c2nccs2)C1. The number of aromatic nitrogens is 2. The molecule has 1 N–H and O–H groups in total. The number of nitrogens with one attached hydrogen (secondary N) is 1. The molecule has 1 atom stereocenters. The van der Waals surface area contributed by atoms with Crippen molar-refractivity contribution in [3.63, 3.8) is 0 Å². The first-order valence-corrected chi connectivity index (χ1v) is 9.42. The van der Waals surface area contributed by atoms with Crippen molar-refractivity contribution >= 4 is 33.3 Å². The molecule has 1 amide bonds. The van der Waals surface area contributed by atoms with Gasteiger partial charge in [-0.05, 0) is 30.9 Å². The highest BCUT2D eigenvalue weighted by Crippen LogP contribution is 2.24. The molecule has 0 spiro atoms. The van der Waals surface area contributed by atoms with Crippen molar-refractivity contribution in [2.45, 2.75) is 19.3 Å². The summed E-state index contributed by atoms with van der Waals surface area (Å²) in [6.07, 6.45) is 4.36. The van der Waals surface area contributed by atoms with Crippen LogP contribution in [-0.2, 0) is 11.2 Å². The number of thiazole rings is 1. The predicted molar refractivity (Wildman–Crippen MR) is 97.8 cm³/mol. The molecule has 0 radical (unpaired) electrons. The molecule has 1 fully saturated rings. The van der Waals surface area contributed by atoms with Crippen molar-refractivity contribution in [3.8, 4) is 0 Å². The second-order valence-corrected chi connectivity index (χ2v) is 7.25. The maximum Gasteiger partial charge on any atom is 0.226 e. The summed E-state index contributed by atoms with van der Waals surface area (Å²) in [4.78, 5) is 19.0. The normalized spacial score (nSPS) is 17.8. The smallest absolute Gasteiger partial charge is 0.226 e. The monoisotopic (exact) mass is 356 g/mol. The largest absolute Gasteiger partial charge is 0.356 e. The third-order valence-electron chi connectivity index (χ3n) is 4.58. The van der Waals surface area contributed by atoms with Crippen LogP contribution in [0.3, 0.4) is 0 Å². The number of hydrogen-bond acceptors (Lipinski definition) is 6. The first kappa shape index (κ1) is 16.1. The van der Waals surface area contributed by atoms with Crippen molar-refractivity contribution in [1.82, 2.24) is 15.5 Å². The third-order valence-corrected chi connectivity index (χ3v) is 5.41. The summed E-state index contributed by atoms with van der Waals surface area (Å²) >= 11 is 1.67. The summed E-state index contributed by atoms with van der Waals surface area (Å²) in [5, 5.41) is 11.1. The average Bonchev–Trinajstić information content (AvgIpc) is 3.31. The molecule has 2 aromatic heterocycles. The minimum Gasteiger partial charge on any atom is -0.356 e. The molecule has 0 bridgehead atoms. The van der Waals surface area contributed by atoms with Crippen LogP contribution >= 0.6 is 11.3 Å². The Morgan fingerprint density at radius 3 is 3.20 bits per heavy atom. The standard InChI is InChI=1S/C18H20N4O2S/c23-17(10-15-14-5-1-2-6-16(14)24-21-15)20-11-13-4-3-8-22(12-13)18-19-7-9-25-18/h1-2,5-7,9,13H,3-4,8,10-12H2,(H,20,23).